The number of aromatic nitrogens is 3. The molecule has 61 heavy (non-hydrogen) atoms. The molecule has 0 fully saturated rings. The van der Waals surface area contributed by atoms with Gasteiger partial charge in [0.05, 0.1) is 0 Å². The van der Waals surface area contributed by atoms with Crippen molar-refractivity contribution in [3.8, 4) is 67.5 Å². The smallest absolute Gasteiger partial charge is 0.165 e. The van der Waals surface area contributed by atoms with Crippen LogP contribution in [0.25, 0.3) is 120 Å². The van der Waals surface area contributed by atoms with Gasteiger partial charge >= 0.3 is 0 Å². The van der Waals surface area contributed by atoms with E-state index >= 15 is 0 Å². The molecule has 2 aromatic heterocycles. The lowest BCUT2D eigenvalue weighted by molar-refractivity contribution is 1.08. The van der Waals surface area contributed by atoms with Crippen LogP contribution >= 0.6 is 11.3 Å². The van der Waals surface area contributed by atoms with E-state index in [0.29, 0.717) is 17.5 Å². The largest absolute Gasteiger partial charge is 0.208 e. The van der Waals surface area contributed by atoms with Gasteiger partial charge in [0, 0.05) is 36.9 Å². The molecule has 0 saturated heterocycles. The third kappa shape index (κ3) is 5.99. The molecule has 0 aliphatic heterocycles. The van der Waals surface area contributed by atoms with E-state index in [2.05, 4.69) is 212 Å². The molecule has 2 heterocycles. The second-order valence-electron chi connectivity index (χ2n) is 15.5. The van der Waals surface area contributed by atoms with Crippen molar-refractivity contribution in [3.05, 3.63) is 212 Å². The highest BCUT2D eigenvalue weighted by atomic mass is 32.1. The monoisotopic (exact) mass is 793 g/mol. The first-order valence-electron chi connectivity index (χ1n) is 20.6. The second-order valence-corrected chi connectivity index (χ2v) is 16.5. The van der Waals surface area contributed by atoms with Crippen molar-refractivity contribution in [2.24, 2.45) is 0 Å². The Bertz CT molecular complexity index is 3660. The molecule has 0 radical (unpaired) electrons. The third-order valence-corrected chi connectivity index (χ3v) is 13.2. The predicted octanol–water partition coefficient (Wildman–Crippen LogP) is 15.7. The number of hydrogen-bond donors (Lipinski definition) is 0. The zero-order valence-corrected chi connectivity index (χ0v) is 33.8. The van der Waals surface area contributed by atoms with Gasteiger partial charge in [-0.15, -0.1) is 11.3 Å². The summed E-state index contributed by atoms with van der Waals surface area (Å²) in [6, 6.07) is 75.8. The molecule has 0 atom stereocenters. The van der Waals surface area contributed by atoms with Gasteiger partial charge in [-0.1, -0.05) is 182 Å². The van der Waals surface area contributed by atoms with Crippen LogP contribution in [0.3, 0.4) is 0 Å². The minimum Gasteiger partial charge on any atom is -0.208 e. The van der Waals surface area contributed by atoms with Gasteiger partial charge in [0.2, 0.25) is 0 Å². The molecule has 3 nitrogen and oxygen atoms in total. The average molecular weight is 794 g/mol. The number of thiophene rings is 1. The fourth-order valence-electron chi connectivity index (χ4n) is 9.09. The van der Waals surface area contributed by atoms with E-state index in [1.807, 2.05) is 0 Å². The number of benzene rings is 10. The van der Waals surface area contributed by atoms with Crippen LogP contribution in [-0.4, -0.2) is 15.0 Å². The molecule has 0 unspecified atom stereocenters. The Morgan fingerprint density at radius 2 is 0.705 bits per heavy atom. The molecule has 0 spiro atoms. The van der Waals surface area contributed by atoms with E-state index < -0.39 is 0 Å². The van der Waals surface area contributed by atoms with Crippen molar-refractivity contribution in [1.82, 2.24) is 15.0 Å². The third-order valence-electron chi connectivity index (χ3n) is 12.0. The number of rotatable bonds is 6. The first-order valence-corrected chi connectivity index (χ1v) is 21.4. The molecule has 4 heteroatoms. The topological polar surface area (TPSA) is 38.7 Å². The first-order chi connectivity index (χ1) is 30.2. The van der Waals surface area contributed by atoms with Crippen LogP contribution in [0.4, 0.5) is 0 Å². The zero-order chi connectivity index (χ0) is 40.3. The molecular formula is C57H35N3S. The second kappa shape index (κ2) is 14.5. The summed E-state index contributed by atoms with van der Waals surface area (Å²) in [5.74, 6) is 1.94. The van der Waals surface area contributed by atoms with Gasteiger partial charge in [-0.2, -0.15) is 0 Å². The summed E-state index contributed by atoms with van der Waals surface area (Å²) < 4.78 is 2.41. The van der Waals surface area contributed by atoms with Gasteiger partial charge in [-0.05, 0) is 96.0 Å². The van der Waals surface area contributed by atoms with E-state index in [0.717, 1.165) is 49.4 Å². The molecule has 10 aromatic carbocycles. The number of hydrogen-bond acceptors (Lipinski definition) is 4. The van der Waals surface area contributed by atoms with E-state index in [4.69, 9.17) is 15.0 Å². The lowest BCUT2D eigenvalue weighted by atomic mass is 9.91. The molecular weight excluding hydrogens is 759 g/mol. The maximum absolute atomic E-state index is 5.41. The maximum Gasteiger partial charge on any atom is 0.165 e. The van der Waals surface area contributed by atoms with Crippen molar-refractivity contribution >= 4 is 63.8 Å². The SMILES string of the molecule is c1ccc(-c2cccc(-c3ccc(-c4nc(-c5ccc(-c6cccc7ccccc67)c6ccccc56)nc(-c5cccc6c5sc5ccccc56)n4)c4ccccc34)c2)cc1. The highest BCUT2D eigenvalue weighted by Crippen LogP contribution is 2.43. The van der Waals surface area contributed by atoms with Crippen LogP contribution in [0.5, 0.6) is 0 Å². The fourth-order valence-corrected chi connectivity index (χ4v) is 10.3. The van der Waals surface area contributed by atoms with Crippen molar-refractivity contribution < 1.29 is 0 Å². The van der Waals surface area contributed by atoms with Gasteiger partial charge in [0.1, 0.15) is 0 Å². The summed E-state index contributed by atoms with van der Waals surface area (Å²) in [5, 5.41) is 9.37. The highest BCUT2D eigenvalue weighted by molar-refractivity contribution is 7.26. The van der Waals surface area contributed by atoms with Gasteiger partial charge < -0.3 is 0 Å². The normalized spacial score (nSPS) is 11.6. The molecule has 0 amide bonds. The summed E-state index contributed by atoms with van der Waals surface area (Å²) in [6.07, 6.45) is 0. The Morgan fingerprint density at radius 1 is 0.262 bits per heavy atom. The Hall–Kier alpha value is -7.79. The zero-order valence-electron chi connectivity index (χ0n) is 33.0. The summed E-state index contributed by atoms with van der Waals surface area (Å²) in [7, 11) is 0. The average Bonchev–Trinajstić information content (AvgIpc) is 3.72. The lowest BCUT2D eigenvalue weighted by Crippen LogP contribution is -2.01. The molecule has 12 rings (SSSR count). The molecule has 284 valence electrons. The van der Waals surface area contributed by atoms with E-state index in [9.17, 15) is 0 Å². The van der Waals surface area contributed by atoms with E-state index in [1.54, 1.807) is 11.3 Å². The summed E-state index contributed by atoms with van der Waals surface area (Å²) in [6.45, 7) is 0. The quantitative estimate of drug-likeness (QED) is 0.168. The standard InChI is InChI=1S/C57H35N3S/c1-2-15-36(16-3-1)38-19-12-20-39(35-38)41-31-33-50(45-24-8-6-22-42(41)45)55-58-56(60-57(59-55)52-29-14-28-49-48-26-10-11-30-53(48)61-54(49)52)51-34-32-47(44-23-7-9-25-46(44)51)43-27-13-18-37-17-4-5-21-40(37)43/h1-35H. The van der Waals surface area contributed by atoms with Crippen molar-refractivity contribution in [2.45, 2.75) is 0 Å². The van der Waals surface area contributed by atoms with Crippen LogP contribution in [0, 0.1) is 0 Å². The highest BCUT2D eigenvalue weighted by Gasteiger charge is 2.21. The van der Waals surface area contributed by atoms with Crippen LogP contribution in [0.1, 0.15) is 0 Å². The molecule has 0 bridgehead atoms. The Morgan fingerprint density at radius 3 is 1.44 bits per heavy atom. The molecule has 12 aromatic rings. The molecule has 0 aliphatic carbocycles. The van der Waals surface area contributed by atoms with E-state index in [1.165, 1.54) is 53.2 Å². The number of nitrogens with zero attached hydrogens (tertiary/aromatic N) is 3. The lowest BCUT2D eigenvalue weighted by Gasteiger charge is -2.15. The van der Waals surface area contributed by atoms with Gasteiger partial charge in [-0.25, -0.2) is 15.0 Å². The molecule has 0 N–H and O–H groups in total. The van der Waals surface area contributed by atoms with Crippen LogP contribution in [0.2, 0.25) is 0 Å². The van der Waals surface area contributed by atoms with Gasteiger partial charge in [0.25, 0.3) is 0 Å². The van der Waals surface area contributed by atoms with Gasteiger partial charge in [0.15, 0.2) is 17.5 Å². The van der Waals surface area contributed by atoms with Crippen LogP contribution < -0.4 is 0 Å². The Labute approximate surface area is 356 Å². The van der Waals surface area contributed by atoms with Crippen LogP contribution in [0.15, 0.2) is 212 Å². The minimum atomic E-state index is 0.640. The van der Waals surface area contributed by atoms with Crippen molar-refractivity contribution in [1.29, 1.82) is 0 Å². The first kappa shape index (κ1) is 35.2. The summed E-state index contributed by atoms with van der Waals surface area (Å²) in [4.78, 5) is 16.2. The van der Waals surface area contributed by atoms with Crippen molar-refractivity contribution in [2.75, 3.05) is 0 Å². The fraction of sp³-hybridized carbons (Fsp3) is 0. The predicted molar refractivity (Wildman–Crippen MR) is 258 cm³/mol. The van der Waals surface area contributed by atoms with Crippen LogP contribution in [-0.2, 0) is 0 Å². The minimum absolute atomic E-state index is 0.640. The maximum atomic E-state index is 5.41. The molecule has 0 saturated carbocycles. The van der Waals surface area contributed by atoms with E-state index in [-0.39, 0.29) is 0 Å². The Balaban J connectivity index is 1.09. The van der Waals surface area contributed by atoms with Gasteiger partial charge in [-0.3, -0.25) is 0 Å². The number of fused-ring (bicyclic) bond motifs is 6. The Kier molecular flexibility index (Phi) is 8.36. The van der Waals surface area contributed by atoms with Crippen molar-refractivity contribution in [3.63, 3.8) is 0 Å². The summed E-state index contributed by atoms with van der Waals surface area (Å²) in [5.41, 5.74) is 10.0. The summed E-state index contributed by atoms with van der Waals surface area (Å²) >= 11 is 1.79. The molecule has 0 aliphatic rings.